The van der Waals surface area contributed by atoms with E-state index in [1.807, 2.05) is 60.7 Å². The molecular weight excluding hydrogens is 632 g/mol. The van der Waals surface area contributed by atoms with E-state index in [1.54, 1.807) is 48.5 Å². The lowest BCUT2D eigenvalue weighted by molar-refractivity contribution is 0.627. The van der Waals surface area contributed by atoms with Crippen molar-refractivity contribution in [3.8, 4) is 67.5 Å². The summed E-state index contributed by atoms with van der Waals surface area (Å²) < 4.78 is 61.6. The van der Waals surface area contributed by atoms with E-state index in [9.17, 15) is 17.6 Å². The van der Waals surface area contributed by atoms with Crippen LogP contribution in [0.3, 0.4) is 0 Å². The number of hydrogen-bond acceptors (Lipinski definition) is 0. The summed E-state index contributed by atoms with van der Waals surface area (Å²) in [5.74, 6) is -1.44. The van der Waals surface area contributed by atoms with Gasteiger partial charge >= 0.3 is 0 Å². The zero-order valence-corrected chi connectivity index (χ0v) is 26.6. The summed E-state index contributed by atoms with van der Waals surface area (Å²) in [5, 5.41) is 0. The first-order valence-corrected chi connectivity index (χ1v) is 16.1. The number of benzene rings is 6. The molecule has 8 aromatic rings. The molecule has 0 radical (unpaired) electrons. The van der Waals surface area contributed by atoms with Crippen LogP contribution in [0.4, 0.5) is 17.6 Å². The fourth-order valence-electron chi connectivity index (χ4n) is 6.57. The predicted octanol–water partition coefficient (Wildman–Crippen LogP) is 12.2. The lowest BCUT2D eigenvalue weighted by Crippen LogP contribution is -2.01. The second kappa shape index (κ2) is 12.9. The second-order valence-corrected chi connectivity index (χ2v) is 12.0. The highest BCUT2D eigenvalue weighted by molar-refractivity contribution is 5.97. The summed E-state index contributed by atoms with van der Waals surface area (Å²) in [6, 6.07) is 49.1. The van der Waals surface area contributed by atoms with Crippen molar-refractivity contribution in [3.63, 3.8) is 0 Å². The Morgan fingerprint density at radius 1 is 0.300 bits per heavy atom. The van der Waals surface area contributed by atoms with Crippen molar-refractivity contribution >= 4 is 0 Å². The summed E-state index contributed by atoms with van der Waals surface area (Å²) >= 11 is 0. The van der Waals surface area contributed by atoms with Crippen LogP contribution in [0.25, 0.3) is 67.5 Å². The first kappa shape index (κ1) is 30.9. The Hall–Kier alpha value is -6.40. The molecule has 0 amide bonds. The largest absolute Gasteiger partial charge is 0.309 e. The van der Waals surface area contributed by atoms with Crippen LogP contribution in [0.2, 0.25) is 0 Å². The molecule has 0 saturated heterocycles. The molecule has 50 heavy (non-hydrogen) atoms. The van der Waals surface area contributed by atoms with Gasteiger partial charge in [-0.3, -0.25) is 0 Å². The molecule has 0 spiro atoms. The minimum atomic E-state index is -0.368. The molecule has 6 aromatic carbocycles. The first-order chi connectivity index (χ1) is 24.4. The fraction of sp³-hybridized carbons (Fsp3) is 0. The Morgan fingerprint density at radius 3 is 0.880 bits per heavy atom. The van der Waals surface area contributed by atoms with Gasteiger partial charge in [-0.2, -0.15) is 0 Å². The Kier molecular flexibility index (Phi) is 7.97. The molecular formula is C44H28F4N2. The second-order valence-electron chi connectivity index (χ2n) is 12.0. The molecule has 242 valence electrons. The summed E-state index contributed by atoms with van der Waals surface area (Å²) in [5.41, 5.74) is 9.46. The molecule has 0 saturated carbocycles. The molecule has 0 fully saturated rings. The average Bonchev–Trinajstić information content (AvgIpc) is 3.74. The third-order valence-electron chi connectivity index (χ3n) is 8.84. The van der Waals surface area contributed by atoms with Gasteiger partial charge in [0.1, 0.15) is 23.3 Å². The maximum atomic E-state index is 14.4. The van der Waals surface area contributed by atoms with E-state index in [1.165, 1.54) is 48.5 Å². The number of nitrogens with zero attached hydrogens (tertiary/aromatic N) is 2. The first-order valence-electron chi connectivity index (χ1n) is 16.1. The number of para-hydroxylation sites is 2. The van der Waals surface area contributed by atoms with Gasteiger partial charge in [-0.1, -0.05) is 36.4 Å². The summed E-state index contributed by atoms with van der Waals surface area (Å²) in [4.78, 5) is 0. The molecule has 0 N–H and O–H groups in total. The van der Waals surface area contributed by atoms with E-state index in [-0.39, 0.29) is 23.3 Å². The Labute approximate surface area is 286 Å². The highest BCUT2D eigenvalue weighted by atomic mass is 19.1. The molecule has 0 bridgehead atoms. The summed E-state index contributed by atoms with van der Waals surface area (Å²) in [6.07, 6.45) is 0. The summed E-state index contributed by atoms with van der Waals surface area (Å²) in [6.45, 7) is 0. The van der Waals surface area contributed by atoms with Crippen molar-refractivity contribution in [2.24, 2.45) is 0 Å². The zero-order valence-electron chi connectivity index (χ0n) is 26.6. The van der Waals surface area contributed by atoms with Gasteiger partial charge in [-0.05, 0) is 156 Å². The van der Waals surface area contributed by atoms with Crippen molar-refractivity contribution in [1.82, 2.24) is 9.13 Å². The van der Waals surface area contributed by atoms with Crippen molar-refractivity contribution in [2.75, 3.05) is 0 Å². The maximum absolute atomic E-state index is 14.4. The van der Waals surface area contributed by atoms with Gasteiger partial charge in [0.15, 0.2) is 0 Å². The molecule has 8 rings (SSSR count). The van der Waals surface area contributed by atoms with Crippen molar-refractivity contribution < 1.29 is 17.6 Å². The maximum Gasteiger partial charge on any atom is 0.123 e. The molecule has 0 unspecified atom stereocenters. The van der Waals surface area contributed by atoms with E-state index in [4.69, 9.17) is 0 Å². The normalized spacial score (nSPS) is 11.2. The van der Waals surface area contributed by atoms with Gasteiger partial charge in [0.25, 0.3) is 0 Å². The SMILES string of the molecule is Fc1ccc(-c2cc(-c3cc(-c4ccc(F)cc4)n(-c4ccccc4)c3-c3ccc(F)cc3)c(-c3ccc(F)cc3)n2-c2ccccc2)cc1. The van der Waals surface area contributed by atoms with Gasteiger partial charge in [-0.15, -0.1) is 0 Å². The van der Waals surface area contributed by atoms with Crippen LogP contribution in [0, 0.1) is 23.3 Å². The quantitative estimate of drug-likeness (QED) is 0.151. The molecule has 0 aliphatic heterocycles. The highest BCUT2D eigenvalue weighted by Gasteiger charge is 2.27. The van der Waals surface area contributed by atoms with Crippen LogP contribution in [-0.2, 0) is 0 Å². The molecule has 0 aliphatic rings. The smallest absolute Gasteiger partial charge is 0.123 e. The number of hydrogen-bond donors (Lipinski definition) is 0. The zero-order chi connectivity index (χ0) is 34.2. The lowest BCUT2D eigenvalue weighted by Gasteiger charge is -2.17. The molecule has 2 nitrogen and oxygen atoms in total. The van der Waals surface area contributed by atoms with Crippen molar-refractivity contribution in [2.45, 2.75) is 0 Å². The number of aromatic nitrogens is 2. The third kappa shape index (κ3) is 5.71. The van der Waals surface area contributed by atoms with Gasteiger partial charge in [0, 0.05) is 22.5 Å². The third-order valence-corrected chi connectivity index (χ3v) is 8.84. The van der Waals surface area contributed by atoms with Crippen molar-refractivity contribution in [3.05, 3.63) is 193 Å². The van der Waals surface area contributed by atoms with Crippen LogP contribution in [0.5, 0.6) is 0 Å². The van der Waals surface area contributed by atoms with E-state index in [2.05, 4.69) is 21.3 Å². The van der Waals surface area contributed by atoms with Gasteiger partial charge in [0.2, 0.25) is 0 Å². The molecule has 0 aliphatic carbocycles. The monoisotopic (exact) mass is 660 g/mol. The van der Waals surface area contributed by atoms with E-state index in [0.29, 0.717) is 0 Å². The Balaban J connectivity index is 1.54. The Morgan fingerprint density at radius 2 is 0.580 bits per heavy atom. The average molecular weight is 661 g/mol. The van der Waals surface area contributed by atoms with Crippen LogP contribution in [0.15, 0.2) is 170 Å². The number of rotatable bonds is 7. The lowest BCUT2D eigenvalue weighted by atomic mass is 9.97. The molecule has 6 heteroatoms. The highest BCUT2D eigenvalue weighted by Crippen LogP contribution is 2.48. The van der Waals surface area contributed by atoms with E-state index < -0.39 is 0 Å². The van der Waals surface area contributed by atoms with Crippen molar-refractivity contribution in [1.29, 1.82) is 0 Å². The van der Waals surface area contributed by atoms with Crippen LogP contribution < -0.4 is 0 Å². The standard InChI is InChI=1S/C44H28F4N2/c45-33-19-11-29(12-20-33)41-27-39(43(31-15-23-35(47)24-16-31)49(41)37-7-3-1-4-8-37)40-28-42(30-13-21-34(46)22-14-30)50(38-9-5-2-6-10-38)44(40)32-17-25-36(48)26-18-32/h1-28H. The minimum absolute atomic E-state index is 0.354. The predicted molar refractivity (Wildman–Crippen MR) is 192 cm³/mol. The van der Waals surface area contributed by atoms with Gasteiger partial charge in [-0.25, -0.2) is 17.6 Å². The number of halogens is 4. The van der Waals surface area contributed by atoms with Crippen LogP contribution in [-0.4, -0.2) is 9.13 Å². The minimum Gasteiger partial charge on any atom is -0.309 e. The van der Waals surface area contributed by atoms with Crippen LogP contribution >= 0.6 is 0 Å². The summed E-state index contributed by atoms with van der Waals surface area (Å²) in [7, 11) is 0. The van der Waals surface area contributed by atoms with Crippen LogP contribution in [0.1, 0.15) is 0 Å². The Bertz CT molecular complexity index is 2230. The van der Waals surface area contributed by atoms with Gasteiger partial charge < -0.3 is 9.13 Å². The molecule has 0 atom stereocenters. The topological polar surface area (TPSA) is 9.86 Å². The van der Waals surface area contributed by atoms with E-state index >= 15 is 0 Å². The van der Waals surface area contributed by atoms with E-state index in [0.717, 1.165) is 67.5 Å². The fourth-order valence-corrected chi connectivity index (χ4v) is 6.57. The molecule has 2 heterocycles. The van der Waals surface area contributed by atoms with Gasteiger partial charge in [0.05, 0.1) is 22.8 Å². The molecule has 2 aromatic heterocycles.